The molecule has 0 radical (unpaired) electrons. The van der Waals surface area contributed by atoms with E-state index in [9.17, 15) is 0 Å². The minimum Gasteiger partial charge on any atom is -0.380 e. The minimum atomic E-state index is 0.112. The number of halogens is 2. The number of hydrogen-bond acceptors (Lipinski definition) is 1. The third kappa shape index (κ3) is 3.73. The maximum atomic E-state index is 5.85. The first-order valence-corrected chi connectivity index (χ1v) is 6.04. The first kappa shape index (κ1) is 13.4. The van der Waals surface area contributed by atoms with Crippen molar-refractivity contribution >= 4 is 28.9 Å². The maximum Gasteiger partial charge on any atom is 0.0516 e. The quantitative estimate of drug-likeness (QED) is 0.827. The zero-order valence-electron chi connectivity index (χ0n) is 9.85. The molecule has 1 aromatic rings. The average molecular weight is 258 g/mol. The summed E-state index contributed by atoms with van der Waals surface area (Å²) in [5.41, 5.74) is 3.87. The highest BCUT2D eigenvalue weighted by molar-refractivity contribution is 6.36. The molecule has 0 unspecified atom stereocenters. The van der Waals surface area contributed by atoms with E-state index in [2.05, 4.69) is 38.2 Å². The molecule has 0 aliphatic rings. The fraction of sp³-hybridized carbons (Fsp3) is 0.385. The van der Waals surface area contributed by atoms with Gasteiger partial charge in [0.15, 0.2) is 0 Å². The van der Waals surface area contributed by atoms with Gasteiger partial charge in [-0.25, -0.2) is 0 Å². The lowest BCUT2D eigenvalue weighted by molar-refractivity contribution is 0.592. The van der Waals surface area contributed by atoms with E-state index in [0.29, 0.717) is 11.6 Å². The Labute approximate surface area is 107 Å². The van der Waals surface area contributed by atoms with Crippen molar-refractivity contribution in [3.05, 3.63) is 40.4 Å². The Morgan fingerprint density at radius 3 is 2.50 bits per heavy atom. The fourth-order valence-corrected chi connectivity index (χ4v) is 1.65. The van der Waals surface area contributed by atoms with Crippen LogP contribution in [0.2, 0.25) is 0 Å². The van der Waals surface area contributed by atoms with Crippen LogP contribution in [-0.4, -0.2) is 6.54 Å². The molecule has 0 heterocycles. The first-order chi connectivity index (χ1) is 7.45. The van der Waals surface area contributed by atoms with Crippen molar-refractivity contribution in [2.75, 3.05) is 11.9 Å². The van der Waals surface area contributed by atoms with Crippen molar-refractivity contribution in [1.82, 2.24) is 0 Å². The van der Waals surface area contributed by atoms with Crippen LogP contribution in [0.25, 0.3) is 0 Å². The molecule has 0 saturated carbocycles. The van der Waals surface area contributed by atoms with Gasteiger partial charge in [0.05, 0.1) is 6.54 Å². The van der Waals surface area contributed by atoms with E-state index in [1.807, 2.05) is 12.1 Å². The third-order valence-electron chi connectivity index (χ3n) is 2.30. The van der Waals surface area contributed by atoms with Gasteiger partial charge < -0.3 is 5.32 Å². The predicted molar refractivity (Wildman–Crippen MR) is 73.4 cm³/mol. The highest BCUT2D eigenvalue weighted by atomic mass is 35.5. The summed E-state index contributed by atoms with van der Waals surface area (Å²) in [7, 11) is 0. The van der Waals surface area contributed by atoms with E-state index in [-0.39, 0.29) is 5.41 Å². The molecular formula is C13H17Cl2N. The normalized spacial score (nSPS) is 12.7. The van der Waals surface area contributed by atoms with Crippen LogP contribution in [0.15, 0.2) is 34.8 Å². The SMILES string of the molecule is CC(C)(C)c1ccccc1NCC(Cl)=CCl. The van der Waals surface area contributed by atoms with Gasteiger partial charge in [-0.2, -0.15) is 0 Å². The zero-order chi connectivity index (χ0) is 12.2. The molecule has 88 valence electrons. The van der Waals surface area contributed by atoms with Crippen molar-refractivity contribution in [3.8, 4) is 0 Å². The number of benzene rings is 1. The monoisotopic (exact) mass is 257 g/mol. The van der Waals surface area contributed by atoms with E-state index in [1.54, 1.807) is 0 Å². The second kappa shape index (κ2) is 5.60. The lowest BCUT2D eigenvalue weighted by Gasteiger charge is -2.23. The van der Waals surface area contributed by atoms with Gasteiger partial charge in [0.25, 0.3) is 0 Å². The molecule has 0 saturated heterocycles. The molecule has 1 nitrogen and oxygen atoms in total. The van der Waals surface area contributed by atoms with E-state index in [4.69, 9.17) is 23.2 Å². The van der Waals surface area contributed by atoms with Crippen LogP contribution in [0.4, 0.5) is 5.69 Å². The Kier molecular flexibility index (Phi) is 4.69. The standard InChI is InChI=1S/C13H17Cl2N/c1-13(2,3)11-6-4-5-7-12(11)16-9-10(15)8-14/h4-8,16H,9H2,1-3H3. The van der Waals surface area contributed by atoms with E-state index in [0.717, 1.165) is 5.69 Å². The molecule has 1 rings (SSSR count). The van der Waals surface area contributed by atoms with Gasteiger partial charge in [-0.1, -0.05) is 62.2 Å². The van der Waals surface area contributed by atoms with Gasteiger partial charge >= 0.3 is 0 Å². The van der Waals surface area contributed by atoms with E-state index < -0.39 is 0 Å². The van der Waals surface area contributed by atoms with Crippen LogP contribution in [0, 0.1) is 0 Å². The number of hydrogen-bond donors (Lipinski definition) is 1. The zero-order valence-corrected chi connectivity index (χ0v) is 11.4. The van der Waals surface area contributed by atoms with Crippen LogP contribution in [-0.2, 0) is 5.41 Å². The van der Waals surface area contributed by atoms with Crippen LogP contribution >= 0.6 is 23.2 Å². The van der Waals surface area contributed by atoms with Gasteiger partial charge in [0.1, 0.15) is 0 Å². The third-order valence-corrected chi connectivity index (χ3v) is 2.92. The van der Waals surface area contributed by atoms with Crippen LogP contribution in [0.1, 0.15) is 26.3 Å². The molecular weight excluding hydrogens is 241 g/mol. The van der Waals surface area contributed by atoms with Gasteiger partial charge in [0, 0.05) is 16.3 Å². The number of rotatable bonds is 3. The average Bonchev–Trinajstić information content (AvgIpc) is 2.25. The number of nitrogens with one attached hydrogen (secondary N) is 1. The molecule has 0 spiro atoms. The Bertz CT molecular complexity index is 378. The molecule has 0 aromatic heterocycles. The van der Waals surface area contributed by atoms with Gasteiger partial charge in [-0.15, -0.1) is 0 Å². The van der Waals surface area contributed by atoms with Crippen molar-refractivity contribution in [1.29, 1.82) is 0 Å². The lowest BCUT2D eigenvalue weighted by atomic mass is 9.86. The fourth-order valence-electron chi connectivity index (χ4n) is 1.51. The van der Waals surface area contributed by atoms with E-state index in [1.165, 1.54) is 11.1 Å². The summed E-state index contributed by atoms with van der Waals surface area (Å²) in [5, 5.41) is 3.89. The molecule has 1 aromatic carbocycles. The molecule has 1 N–H and O–H groups in total. The Morgan fingerprint density at radius 1 is 1.31 bits per heavy atom. The van der Waals surface area contributed by atoms with Crippen molar-refractivity contribution in [2.24, 2.45) is 0 Å². The number of anilines is 1. The highest BCUT2D eigenvalue weighted by Crippen LogP contribution is 2.29. The molecule has 0 amide bonds. The maximum absolute atomic E-state index is 5.85. The van der Waals surface area contributed by atoms with Gasteiger partial charge in [0.2, 0.25) is 0 Å². The van der Waals surface area contributed by atoms with E-state index >= 15 is 0 Å². The lowest BCUT2D eigenvalue weighted by Crippen LogP contribution is -2.15. The largest absolute Gasteiger partial charge is 0.380 e. The van der Waals surface area contributed by atoms with Crippen LogP contribution in [0.5, 0.6) is 0 Å². The van der Waals surface area contributed by atoms with Crippen LogP contribution < -0.4 is 5.32 Å². The predicted octanol–water partition coefficient (Wildman–Crippen LogP) is 4.72. The molecule has 3 heteroatoms. The first-order valence-electron chi connectivity index (χ1n) is 5.23. The molecule has 0 aliphatic heterocycles. The Morgan fingerprint density at radius 2 is 1.94 bits per heavy atom. The summed E-state index contributed by atoms with van der Waals surface area (Å²) in [6.45, 7) is 7.11. The summed E-state index contributed by atoms with van der Waals surface area (Å²) in [5.74, 6) is 0. The number of para-hydroxylation sites is 1. The second-order valence-electron chi connectivity index (χ2n) is 4.71. The van der Waals surface area contributed by atoms with Crippen molar-refractivity contribution in [2.45, 2.75) is 26.2 Å². The Balaban J connectivity index is 2.88. The summed E-state index contributed by atoms with van der Waals surface area (Å²) >= 11 is 11.4. The molecule has 0 bridgehead atoms. The van der Waals surface area contributed by atoms with Crippen LogP contribution in [0.3, 0.4) is 0 Å². The van der Waals surface area contributed by atoms with Gasteiger partial charge in [-0.3, -0.25) is 0 Å². The molecule has 0 atom stereocenters. The van der Waals surface area contributed by atoms with Crippen molar-refractivity contribution < 1.29 is 0 Å². The summed E-state index contributed by atoms with van der Waals surface area (Å²) < 4.78 is 0. The smallest absolute Gasteiger partial charge is 0.0516 e. The molecule has 0 aliphatic carbocycles. The van der Waals surface area contributed by atoms with Gasteiger partial charge in [-0.05, 0) is 17.0 Å². The molecule has 0 fully saturated rings. The summed E-state index contributed by atoms with van der Waals surface area (Å²) in [6.07, 6.45) is 0. The van der Waals surface area contributed by atoms with Crippen molar-refractivity contribution in [3.63, 3.8) is 0 Å². The topological polar surface area (TPSA) is 12.0 Å². The Hall–Kier alpha value is -0.660. The minimum absolute atomic E-state index is 0.112. The summed E-state index contributed by atoms with van der Waals surface area (Å²) in [4.78, 5) is 0. The summed E-state index contributed by atoms with van der Waals surface area (Å²) in [6, 6.07) is 8.24. The molecule has 16 heavy (non-hydrogen) atoms. The highest BCUT2D eigenvalue weighted by Gasteiger charge is 2.16. The second-order valence-corrected chi connectivity index (χ2v) is 5.41.